The van der Waals surface area contributed by atoms with Crippen LogP contribution >= 0.6 is 0 Å². The minimum absolute atomic E-state index is 0.00837. The first-order valence-corrected chi connectivity index (χ1v) is 5.92. The Balaban J connectivity index is 2.60. The summed E-state index contributed by atoms with van der Waals surface area (Å²) in [6.45, 7) is 6.10. The van der Waals surface area contributed by atoms with Gasteiger partial charge in [-0.15, -0.1) is 0 Å². The molecule has 0 aliphatic carbocycles. The van der Waals surface area contributed by atoms with Crippen LogP contribution in [0.2, 0.25) is 0 Å². The first-order chi connectivity index (χ1) is 8.45. The molecule has 0 saturated carbocycles. The number of nitrogens with zero attached hydrogens (tertiary/aromatic N) is 1. The van der Waals surface area contributed by atoms with Gasteiger partial charge in [0.1, 0.15) is 11.7 Å². The van der Waals surface area contributed by atoms with Gasteiger partial charge in [0.15, 0.2) is 0 Å². The molecule has 0 spiro atoms. The number of nitrogens with one attached hydrogen (secondary N) is 1. The largest absolute Gasteiger partial charge is 0.409 e. The summed E-state index contributed by atoms with van der Waals surface area (Å²) in [5.74, 6) is -0.0943. The van der Waals surface area contributed by atoms with Crippen LogP contribution in [-0.2, 0) is 0 Å². The Hall–Kier alpha value is -1.62. The Labute approximate surface area is 107 Å². The summed E-state index contributed by atoms with van der Waals surface area (Å²) in [5.41, 5.74) is 7.00. The zero-order valence-corrected chi connectivity index (χ0v) is 10.9. The van der Waals surface area contributed by atoms with E-state index in [9.17, 15) is 4.39 Å². The Bertz CT molecular complexity index is 434. The van der Waals surface area contributed by atoms with E-state index >= 15 is 0 Å². The highest BCUT2D eigenvalue weighted by atomic mass is 19.1. The second-order valence-corrected chi connectivity index (χ2v) is 4.56. The predicted molar refractivity (Wildman–Crippen MR) is 70.1 cm³/mol. The van der Waals surface area contributed by atoms with Gasteiger partial charge in [-0.25, -0.2) is 4.39 Å². The number of aryl methyl sites for hydroxylation is 1. The number of amidine groups is 1. The van der Waals surface area contributed by atoms with Crippen molar-refractivity contribution in [3.63, 3.8) is 0 Å². The molecule has 4 N–H and O–H groups in total. The highest BCUT2D eigenvalue weighted by Gasteiger charge is 2.11. The Morgan fingerprint density at radius 3 is 2.72 bits per heavy atom. The average molecular weight is 253 g/mol. The van der Waals surface area contributed by atoms with Crippen molar-refractivity contribution < 1.29 is 9.60 Å². The molecule has 0 bridgehead atoms. The molecule has 18 heavy (non-hydrogen) atoms. The second-order valence-electron chi connectivity index (χ2n) is 4.56. The van der Waals surface area contributed by atoms with Crippen LogP contribution in [0.25, 0.3) is 0 Å². The monoisotopic (exact) mass is 253 g/mol. The normalized spacial score (nSPS) is 15.4. The number of benzene rings is 1. The molecule has 4 nitrogen and oxygen atoms in total. The zero-order valence-electron chi connectivity index (χ0n) is 10.9. The molecule has 0 heterocycles. The van der Waals surface area contributed by atoms with Crippen molar-refractivity contribution in [1.82, 2.24) is 5.32 Å². The molecule has 0 saturated heterocycles. The number of hydrogen-bond donors (Lipinski definition) is 3. The van der Waals surface area contributed by atoms with Gasteiger partial charge in [0.05, 0.1) is 0 Å². The minimum atomic E-state index is -0.203. The number of nitrogens with two attached hydrogens (primary N) is 1. The quantitative estimate of drug-likeness (QED) is 0.326. The fraction of sp³-hybridized carbons (Fsp3) is 0.462. The highest BCUT2D eigenvalue weighted by Crippen LogP contribution is 2.16. The van der Waals surface area contributed by atoms with Gasteiger partial charge in [-0.3, -0.25) is 0 Å². The number of rotatable bonds is 5. The molecule has 0 amide bonds. The molecular weight excluding hydrogens is 233 g/mol. The SMILES string of the molecule is Cc1ccc(C(C)NCC(C)C(N)=NO)cc1F. The first kappa shape index (κ1) is 14.4. The smallest absolute Gasteiger partial charge is 0.143 e. The Morgan fingerprint density at radius 1 is 1.50 bits per heavy atom. The number of halogens is 1. The third-order valence-electron chi connectivity index (χ3n) is 3.05. The van der Waals surface area contributed by atoms with E-state index in [0.717, 1.165) is 5.56 Å². The zero-order chi connectivity index (χ0) is 13.7. The molecule has 2 unspecified atom stereocenters. The summed E-state index contributed by atoms with van der Waals surface area (Å²) in [6, 6.07) is 5.19. The van der Waals surface area contributed by atoms with Crippen LogP contribution < -0.4 is 11.1 Å². The first-order valence-electron chi connectivity index (χ1n) is 5.92. The predicted octanol–water partition coefficient (Wildman–Crippen LogP) is 2.17. The Kier molecular flexibility index (Phi) is 5.09. The summed E-state index contributed by atoms with van der Waals surface area (Å²) in [4.78, 5) is 0. The lowest BCUT2D eigenvalue weighted by Gasteiger charge is -2.17. The van der Waals surface area contributed by atoms with E-state index in [1.165, 1.54) is 6.07 Å². The van der Waals surface area contributed by atoms with Gasteiger partial charge in [-0.2, -0.15) is 0 Å². The molecule has 5 heteroatoms. The van der Waals surface area contributed by atoms with E-state index in [0.29, 0.717) is 12.1 Å². The lowest BCUT2D eigenvalue weighted by atomic mass is 10.0. The molecule has 1 rings (SSSR count). The molecule has 2 atom stereocenters. The van der Waals surface area contributed by atoms with Crippen molar-refractivity contribution in [2.75, 3.05) is 6.54 Å². The van der Waals surface area contributed by atoms with Crippen LogP contribution in [0.5, 0.6) is 0 Å². The van der Waals surface area contributed by atoms with Crippen molar-refractivity contribution in [2.45, 2.75) is 26.8 Å². The molecule has 0 aliphatic rings. The lowest BCUT2D eigenvalue weighted by Crippen LogP contribution is -2.32. The van der Waals surface area contributed by atoms with Crippen LogP contribution in [0, 0.1) is 18.7 Å². The van der Waals surface area contributed by atoms with Crippen LogP contribution in [-0.4, -0.2) is 17.6 Å². The van der Waals surface area contributed by atoms with Gasteiger partial charge in [-0.1, -0.05) is 24.2 Å². The van der Waals surface area contributed by atoms with Gasteiger partial charge in [0, 0.05) is 18.5 Å². The van der Waals surface area contributed by atoms with Crippen molar-refractivity contribution in [1.29, 1.82) is 0 Å². The summed E-state index contributed by atoms with van der Waals surface area (Å²) in [7, 11) is 0. The third kappa shape index (κ3) is 3.70. The lowest BCUT2D eigenvalue weighted by molar-refractivity contribution is 0.313. The highest BCUT2D eigenvalue weighted by molar-refractivity contribution is 5.82. The molecule has 100 valence electrons. The summed E-state index contributed by atoms with van der Waals surface area (Å²) in [6.07, 6.45) is 0. The summed E-state index contributed by atoms with van der Waals surface area (Å²) in [5, 5.41) is 14.7. The molecule has 1 aromatic carbocycles. The van der Waals surface area contributed by atoms with Gasteiger partial charge in [-0.05, 0) is 31.0 Å². The van der Waals surface area contributed by atoms with Crippen LogP contribution in [0.3, 0.4) is 0 Å². The van der Waals surface area contributed by atoms with Gasteiger partial charge < -0.3 is 16.3 Å². The Morgan fingerprint density at radius 2 is 2.17 bits per heavy atom. The summed E-state index contributed by atoms with van der Waals surface area (Å²) < 4.78 is 13.4. The van der Waals surface area contributed by atoms with Crippen LogP contribution in [0.4, 0.5) is 4.39 Å². The van der Waals surface area contributed by atoms with E-state index in [-0.39, 0.29) is 23.6 Å². The van der Waals surface area contributed by atoms with Crippen molar-refractivity contribution in [3.05, 3.63) is 35.1 Å². The van der Waals surface area contributed by atoms with Gasteiger partial charge in [0.25, 0.3) is 0 Å². The van der Waals surface area contributed by atoms with Crippen LogP contribution in [0.15, 0.2) is 23.4 Å². The molecule has 0 radical (unpaired) electrons. The van der Waals surface area contributed by atoms with Gasteiger partial charge >= 0.3 is 0 Å². The maximum absolute atomic E-state index is 13.4. The van der Waals surface area contributed by atoms with Crippen molar-refractivity contribution >= 4 is 5.84 Å². The van der Waals surface area contributed by atoms with E-state index in [2.05, 4.69) is 10.5 Å². The van der Waals surface area contributed by atoms with E-state index in [4.69, 9.17) is 10.9 Å². The molecule has 0 fully saturated rings. The molecule has 1 aromatic rings. The standard InChI is InChI=1S/C13H20FN3O/c1-8-4-5-11(6-12(8)14)10(3)16-7-9(2)13(15)17-18/h4-6,9-10,16,18H,7H2,1-3H3,(H2,15,17). The van der Waals surface area contributed by atoms with Gasteiger partial charge in [0.2, 0.25) is 0 Å². The fourth-order valence-corrected chi connectivity index (χ4v) is 1.55. The van der Waals surface area contributed by atoms with Crippen LogP contribution in [0.1, 0.15) is 31.0 Å². The van der Waals surface area contributed by atoms with Crippen molar-refractivity contribution in [3.8, 4) is 0 Å². The van der Waals surface area contributed by atoms with E-state index in [1.807, 2.05) is 19.9 Å². The maximum Gasteiger partial charge on any atom is 0.143 e. The van der Waals surface area contributed by atoms with E-state index in [1.54, 1.807) is 13.0 Å². The summed E-state index contributed by atoms with van der Waals surface area (Å²) >= 11 is 0. The number of oxime groups is 1. The van der Waals surface area contributed by atoms with Crippen molar-refractivity contribution in [2.24, 2.45) is 16.8 Å². The molecular formula is C13H20FN3O. The fourth-order valence-electron chi connectivity index (χ4n) is 1.55. The molecule has 0 aromatic heterocycles. The second kappa shape index (κ2) is 6.35. The minimum Gasteiger partial charge on any atom is -0.409 e. The van der Waals surface area contributed by atoms with E-state index < -0.39 is 0 Å². The molecule has 0 aliphatic heterocycles. The maximum atomic E-state index is 13.4. The third-order valence-corrected chi connectivity index (χ3v) is 3.05. The topological polar surface area (TPSA) is 70.6 Å². The number of hydrogen-bond acceptors (Lipinski definition) is 3. The average Bonchev–Trinajstić information content (AvgIpc) is 2.37.